The van der Waals surface area contributed by atoms with Crippen LogP contribution in [-0.4, -0.2) is 37.5 Å². The van der Waals surface area contributed by atoms with Crippen molar-refractivity contribution in [2.75, 3.05) is 24.2 Å². The van der Waals surface area contributed by atoms with Crippen molar-refractivity contribution in [3.63, 3.8) is 0 Å². The molecule has 2 aromatic rings. The highest BCUT2D eigenvalue weighted by Gasteiger charge is 2.25. The number of piperidine rings is 1. The van der Waals surface area contributed by atoms with Gasteiger partial charge in [-0.1, -0.05) is 35.7 Å². The maximum absolute atomic E-state index is 12.7. The quantitative estimate of drug-likeness (QED) is 0.706. The largest absolute Gasteiger partial charge is 0.325 e. The van der Waals surface area contributed by atoms with Gasteiger partial charge in [0.1, 0.15) is 0 Å². The number of aryl methyl sites for hydroxylation is 2. The number of carbonyl (C=O) groups is 1. The molecule has 0 atom stereocenters. The highest BCUT2D eigenvalue weighted by Crippen LogP contribution is 2.22. The third-order valence-corrected chi connectivity index (χ3v) is 7.79. The summed E-state index contributed by atoms with van der Waals surface area (Å²) in [5, 5.41) is 2.84. The third kappa shape index (κ3) is 6.07. The van der Waals surface area contributed by atoms with Gasteiger partial charge >= 0.3 is 0 Å². The van der Waals surface area contributed by atoms with Crippen molar-refractivity contribution in [3.8, 4) is 0 Å². The molecule has 1 saturated heterocycles. The molecule has 1 heterocycles. The fraction of sp³-hybridized carbons (Fsp3) is 0.409. The summed E-state index contributed by atoms with van der Waals surface area (Å²) in [7, 11) is -3.44. The van der Waals surface area contributed by atoms with E-state index in [1.807, 2.05) is 0 Å². The summed E-state index contributed by atoms with van der Waals surface area (Å²) in [6.07, 6.45) is 2.90. The van der Waals surface area contributed by atoms with Crippen molar-refractivity contribution in [1.29, 1.82) is 0 Å². The minimum atomic E-state index is -3.44. The Hall–Kier alpha value is -1.83. The fourth-order valence-corrected chi connectivity index (χ4v) is 5.85. The van der Waals surface area contributed by atoms with Gasteiger partial charge in [0.15, 0.2) is 0 Å². The number of carbonyl (C=O) groups excluding carboxylic acids is 1. The molecular formula is C22H28N2O3S2. The second-order valence-electron chi connectivity index (χ2n) is 7.53. The molecule has 1 N–H and O–H groups in total. The molecule has 0 bridgehead atoms. The average molecular weight is 433 g/mol. The van der Waals surface area contributed by atoms with Crippen molar-refractivity contribution in [1.82, 2.24) is 4.31 Å². The summed E-state index contributed by atoms with van der Waals surface area (Å²) >= 11 is 1.56. The van der Waals surface area contributed by atoms with E-state index in [4.69, 9.17) is 0 Å². The van der Waals surface area contributed by atoms with Crippen LogP contribution in [0.1, 0.15) is 36.0 Å². The molecule has 1 amide bonds. The molecule has 156 valence electrons. The molecular weight excluding hydrogens is 404 g/mol. The average Bonchev–Trinajstić information content (AvgIpc) is 2.68. The molecule has 7 heteroatoms. The zero-order valence-corrected chi connectivity index (χ0v) is 18.6. The van der Waals surface area contributed by atoms with E-state index in [9.17, 15) is 13.2 Å². The van der Waals surface area contributed by atoms with E-state index in [2.05, 4.69) is 37.4 Å². The predicted molar refractivity (Wildman–Crippen MR) is 120 cm³/mol. The van der Waals surface area contributed by atoms with Gasteiger partial charge in [-0.3, -0.25) is 4.79 Å². The molecule has 2 aromatic carbocycles. The first-order valence-corrected chi connectivity index (χ1v) is 12.5. The Labute approximate surface area is 177 Å². The molecule has 0 radical (unpaired) electrons. The van der Waals surface area contributed by atoms with Crippen molar-refractivity contribution in [3.05, 3.63) is 59.2 Å². The van der Waals surface area contributed by atoms with Crippen LogP contribution < -0.4 is 5.32 Å². The van der Waals surface area contributed by atoms with E-state index in [0.717, 1.165) is 25.0 Å². The summed E-state index contributed by atoms with van der Waals surface area (Å²) in [6, 6.07) is 12.9. The van der Waals surface area contributed by atoms with Crippen molar-refractivity contribution in [2.45, 2.75) is 43.8 Å². The van der Waals surface area contributed by atoms with Crippen molar-refractivity contribution in [2.24, 2.45) is 0 Å². The van der Waals surface area contributed by atoms with Crippen LogP contribution in [0.4, 0.5) is 5.69 Å². The van der Waals surface area contributed by atoms with Gasteiger partial charge in [0.2, 0.25) is 15.9 Å². The predicted octanol–water partition coefficient (Wildman–Crippen LogP) is 4.35. The van der Waals surface area contributed by atoms with Gasteiger partial charge in [-0.2, -0.15) is 4.31 Å². The molecule has 0 aromatic heterocycles. The molecule has 0 spiro atoms. The second-order valence-corrected chi connectivity index (χ2v) is 10.4. The lowest BCUT2D eigenvalue weighted by Gasteiger charge is -2.25. The van der Waals surface area contributed by atoms with E-state index in [1.54, 1.807) is 40.3 Å². The normalized spacial score (nSPS) is 15.2. The maximum atomic E-state index is 12.7. The lowest BCUT2D eigenvalue weighted by atomic mass is 10.1. The number of benzene rings is 2. The van der Waals surface area contributed by atoms with E-state index >= 15 is 0 Å². The molecule has 0 unspecified atom stereocenters. The summed E-state index contributed by atoms with van der Waals surface area (Å²) in [4.78, 5) is 12.5. The highest BCUT2D eigenvalue weighted by atomic mass is 32.2. The van der Waals surface area contributed by atoms with Gasteiger partial charge in [0.05, 0.1) is 10.6 Å². The first-order chi connectivity index (χ1) is 13.8. The van der Waals surface area contributed by atoms with E-state index < -0.39 is 10.0 Å². The van der Waals surface area contributed by atoms with Crippen LogP contribution in [0.15, 0.2) is 47.4 Å². The fourth-order valence-electron chi connectivity index (χ4n) is 3.58. The minimum Gasteiger partial charge on any atom is -0.325 e. The smallest absolute Gasteiger partial charge is 0.243 e. The van der Waals surface area contributed by atoms with Crippen molar-refractivity contribution >= 4 is 33.4 Å². The molecule has 29 heavy (non-hydrogen) atoms. The number of thioether (sulfide) groups is 1. The van der Waals surface area contributed by atoms with Crippen LogP contribution >= 0.6 is 11.8 Å². The van der Waals surface area contributed by atoms with Crippen molar-refractivity contribution < 1.29 is 13.2 Å². The van der Waals surface area contributed by atoms with Gasteiger partial charge in [0.25, 0.3) is 0 Å². The third-order valence-electron chi connectivity index (χ3n) is 4.87. The highest BCUT2D eigenvalue weighted by molar-refractivity contribution is 7.99. The molecule has 0 aliphatic carbocycles. The van der Waals surface area contributed by atoms with E-state index in [0.29, 0.717) is 24.5 Å². The number of amides is 1. The Balaban J connectivity index is 1.51. The van der Waals surface area contributed by atoms with Crippen LogP contribution in [-0.2, 0) is 20.6 Å². The zero-order valence-electron chi connectivity index (χ0n) is 17.0. The topological polar surface area (TPSA) is 66.5 Å². The van der Waals surface area contributed by atoms with Gasteiger partial charge in [-0.25, -0.2) is 8.42 Å². The molecule has 1 fully saturated rings. The monoisotopic (exact) mass is 432 g/mol. The molecule has 1 aliphatic heterocycles. The van der Waals surface area contributed by atoms with Gasteiger partial charge in [0, 0.05) is 24.5 Å². The van der Waals surface area contributed by atoms with Gasteiger partial charge in [-0.15, -0.1) is 11.8 Å². The SMILES string of the molecule is Cc1cc(C)cc(CSCC(=O)Nc2ccc(S(=O)(=O)N3CCCCC3)cc2)c1. The molecule has 5 nitrogen and oxygen atoms in total. The lowest BCUT2D eigenvalue weighted by Crippen LogP contribution is -2.35. The maximum Gasteiger partial charge on any atom is 0.243 e. The first kappa shape index (κ1) is 21.9. The Morgan fingerprint density at radius 3 is 2.24 bits per heavy atom. The zero-order chi connectivity index (χ0) is 20.9. The van der Waals surface area contributed by atoms with Crippen LogP contribution in [0.2, 0.25) is 0 Å². The van der Waals surface area contributed by atoms with E-state index in [1.165, 1.54) is 16.7 Å². The van der Waals surface area contributed by atoms with Crippen LogP contribution in [0.3, 0.4) is 0 Å². The molecule has 0 saturated carbocycles. The summed E-state index contributed by atoms with van der Waals surface area (Å²) in [6.45, 7) is 5.31. The summed E-state index contributed by atoms with van der Waals surface area (Å²) < 4.78 is 26.9. The number of nitrogens with zero attached hydrogens (tertiary/aromatic N) is 1. The molecule has 1 aliphatic rings. The van der Waals surface area contributed by atoms with Crippen LogP contribution in [0, 0.1) is 13.8 Å². The Kier molecular flexibility index (Phi) is 7.38. The number of rotatable bonds is 7. The Morgan fingerprint density at radius 2 is 1.62 bits per heavy atom. The van der Waals surface area contributed by atoms with Crippen LogP contribution in [0.25, 0.3) is 0 Å². The van der Waals surface area contributed by atoms with Gasteiger partial charge < -0.3 is 5.32 Å². The number of sulfonamides is 1. The lowest BCUT2D eigenvalue weighted by molar-refractivity contribution is -0.113. The summed E-state index contributed by atoms with van der Waals surface area (Å²) in [5.74, 6) is 1.04. The van der Waals surface area contributed by atoms with E-state index in [-0.39, 0.29) is 10.8 Å². The Bertz CT molecular complexity index is 930. The minimum absolute atomic E-state index is 0.0917. The number of nitrogens with one attached hydrogen (secondary N) is 1. The summed E-state index contributed by atoms with van der Waals surface area (Å²) in [5.41, 5.74) is 4.28. The first-order valence-electron chi connectivity index (χ1n) is 9.89. The van der Waals surface area contributed by atoms with Gasteiger partial charge in [-0.05, 0) is 56.5 Å². The number of anilines is 1. The Morgan fingerprint density at radius 1 is 1.00 bits per heavy atom. The number of hydrogen-bond donors (Lipinski definition) is 1. The standard InChI is InChI=1S/C22H28N2O3S2/c1-17-12-18(2)14-19(13-17)15-28-16-22(25)23-20-6-8-21(9-7-20)29(26,27)24-10-4-3-5-11-24/h6-9,12-14H,3-5,10-11,15-16H2,1-2H3,(H,23,25). The second kappa shape index (κ2) is 9.78. The van der Waals surface area contributed by atoms with Crippen LogP contribution in [0.5, 0.6) is 0 Å². The molecule has 3 rings (SSSR count). The number of hydrogen-bond acceptors (Lipinski definition) is 4.